The summed E-state index contributed by atoms with van der Waals surface area (Å²) in [5, 5.41) is 31.1. The first kappa shape index (κ1) is 34.3. The lowest BCUT2D eigenvalue weighted by Gasteiger charge is -2.41. The Hall–Kier alpha value is -4.57. The average Bonchev–Trinajstić information content (AvgIpc) is 3.41. The van der Waals surface area contributed by atoms with Crippen molar-refractivity contribution in [3.63, 3.8) is 0 Å². The highest BCUT2D eigenvalue weighted by Gasteiger charge is 2.43. The number of carbonyl (C=O) groups excluding carboxylic acids is 1. The van der Waals surface area contributed by atoms with Crippen LogP contribution in [0.4, 0.5) is 42.8 Å². The number of imidazole rings is 1. The molecule has 9 nitrogen and oxygen atoms in total. The molecule has 1 aromatic heterocycles. The molecule has 0 radical (unpaired) electrons. The first-order valence-corrected chi connectivity index (χ1v) is 15.3. The number of nitrogens with one attached hydrogen (secondary N) is 3. The summed E-state index contributed by atoms with van der Waals surface area (Å²) in [5.41, 5.74) is -1.47. The number of carbonyl (C=O) groups is 1. The number of aromatic nitrogens is 2. The maximum Gasteiger partial charge on any atom is 0.417 e. The summed E-state index contributed by atoms with van der Waals surface area (Å²) in [6.45, 7) is -0.821. The van der Waals surface area contributed by atoms with E-state index >= 15 is 0 Å². The summed E-state index contributed by atoms with van der Waals surface area (Å²) >= 11 is 5.66. The Kier molecular flexibility index (Phi) is 9.37. The number of urea groups is 1. The molecule has 5 N–H and O–H groups in total. The van der Waals surface area contributed by atoms with Crippen LogP contribution in [0.25, 0.3) is 21.8 Å². The van der Waals surface area contributed by atoms with Crippen molar-refractivity contribution in [1.29, 1.82) is 0 Å². The fraction of sp³-hybridized carbons (Fsp3) is 0.273. The number of anilines is 2. The minimum Gasteiger partial charge on any atom is -0.394 e. The Morgan fingerprint density at radius 2 is 1.71 bits per heavy atom. The van der Waals surface area contributed by atoms with Crippen molar-refractivity contribution >= 4 is 51.1 Å². The molecule has 1 aliphatic rings. The SMILES string of the molecule is O=C(Nc1ccc(Cl)c(C(F)(F)F)c1)N[C@H]1CO[C@H](CO)[C@H](n2c(NCc3ccc4ccccc4c3)nc3ccc(C(F)(F)F)cc32)[C@@H]1O. The van der Waals surface area contributed by atoms with Gasteiger partial charge in [0.25, 0.3) is 0 Å². The third kappa shape index (κ3) is 7.25. The molecule has 4 aromatic carbocycles. The third-order valence-electron chi connectivity index (χ3n) is 8.24. The van der Waals surface area contributed by atoms with Gasteiger partial charge in [0.15, 0.2) is 0 Å². The van der Waals surface area contributed by atoms with Gasteiger partial charge in [0.2, 0.25) is 5.95 Å². The number of amides is 2. The molecule has 1 aliphatic heterocycles. The van der Waals surface area contributed by atoms with Crippen LogP contribution >= 0.6 is 11.6 Å². The molecule has 0 unspecified atom stereocenters. The number of alkyl halides is 6. The largest absolute Gasteiger partial charge is 0.417 e. The number of hydrogen-bond acceptors (Lipinski definition) is 6. The van der Waals surface area contributed by atoms with E-state index in [1.807, 2.05) is 42.5 Å². The lowest BCUT2D eigenvalue weighted by Crippen LogP contribution is -2.58. The van der Waals surface area contributed by atoms with Crippen LogP contribution in [0.3, 0.4) is 0 Å². The van der Waals surface area contributed by atoms with Gasteiger partial charge in [-0.25, -0.2) is 9.78 Å². The Morgan fingerprint density at radius 3 is 2.43 bits per heavy atom. The fourth-order valence-corrected chi connectivity index (χ4v) is 6.10. The Labute approximate surface area is 279 Å². The summed E-state index contributed by atoms with van der Waals surface area (Å²) in [6, 6.07) is 15.6. The van der Waals surface area contributed by atoms with Gasteiger partial charge < -0.3 is 35.5 Å². The van der Waals surface area contributed by atoms with E-state index in [0.29, 0.717) is 6.07 Å². The smallest absolute Gasteiger partial charge is 0.394 e. The first-order valence-electron chi connectivity index (χ1n) is 14.9. The number of nitrogens with zero attached hydrogens (tertiary/aromatic N) is 2. The molecule has 2 heterocycles. The number of aliphatic hydroxyl groups is 2. The predicted molar refractivity (Wildman–Crippen MR) is 170 cm³/mol. The van der Waals surface area contributed by atoms with Crippen LogP contribution in [0.2, 0.25) is 5.02 Å². The zero-order chi connectivity index (χ0) is 35.1. The molecular formula is C33H28ClF6N5O4. The molecule has 0 saturated carbocycles. The summed E-state index contributed by atoms with van der Waals surface area (Å²) in [4.78, 5) is 17.4. The van der Waals surface area contributed by atoms with Gasteiger partial charge >= 0.3 is 18.4 Å². The molecule has 49 heavy (non-hydrogen) atoms. The van der Waals surface area contributed by atoms with Crippen LogP contribution in [-0.2, 0) is 23.6 Å². The van der Waals surface area contributed by atoms with Crippen molar-refractivity contribution in [1.82, 2.24) is 14.9 Å². The van der Waals surface area contributed by atoms with Crippen LogP contribution in [0.1, 0.15) is 22.7 Å². The Morgan fingerprint density at radius 1 is 0.959 bits per heavy atom. The van der Waals surface area contributed by atoms with Gasteiger partial charge in [-0.05, 0) is 58.8 Å². The number of hydrogen-bond donors (Lipinski definition) is 5. The molecule has 16 heteroatoms. The molecule has 0 spiro atoms. The van der Waals surface area contributed by atoms with Gasteiger partial charge in [0.1, 0.15) is 6.10 Å². The summed E-state index contributed by atoms with van der Waals surface area (Å²) in [7, 11) is 0. The van der Waals surface area contributed by atoms with Crippen LogP contribution in [-0.4, -0.2) is 57.3 Å². The summed E-state index contributed by atoms with van der Waals surface area (Å²) in [5.74, 6) is 0.0551. The molecule has 1 saturated heterocycles. The standard InChI is InChI=1S/C33H28ClF6N5O4/c34-23-9-8-21(13-22(23)33(38,39)40)42-31(48)44-25-16-49-27(15-46)28(29(25)47)45-26-12-20(32(35,36)37)7-10-24(26)43-30(45)41-14-17-5-6-18-3-1-2-4-19(18)11-17/h1-13,25,27-29,46-47H,14-16H2,(H,41,43)(H2,42,44,48)/t25-,27+,28-,29+/m0/s1. The van der Waals surface area contributed by atoms with Crippen LogP contribution < -0.4 is 16.0 Å². The molecule has 0 aliphatic carbocycles. The molecular weight excluding hydrogens is 680 g/mol. The zero-order valence-electron chi connectivity index (χ0n) is 25.2. The molecule has 4 atom stereocenters. The number of halogens is 7. The van der Waals surface area contributed by atoms with Crippen molar-refractivity contribution < 1.29 is 46.1 Å². The second kappa shape index (κ2) is 13.4. The van der Waals surface area contributed by atoms with E-state index in [0.717, 1.165) is 40.6 Å². The van der Waals surface area contributed by atoms with Crippen LogP contribution in [0.5, 0.6) is 0 Å². The zero-order valence-corrected chi connectivity index (χ0v) is 25.9. The van der Waals surface area contributed by atoms with E-state index in [1.165, 1.54) is 10.6 Å². The monoisotopic (exact) mass is 707 g/mol. The van der Waals surface area contributed by atoms with Gasteiger partial charge in [0.05, 0.1) is 58.6 Å². The maximum absolute atomic E-state index is 13.8. The average molecular weight is 708 g/mol. The Bertz CT molecular complexity index is 2000. The second-order valence-electron chi connectivity index (χ2n) is 11.5. The molecule has 2 amide bonds. The van der Waals surface area contributed by atoms with Crippen molar-refractivity contribution in [2.24, 2.45) is 0 Å². The van der Waals surface area contributed by atoms with E-state index in [1.54, 1.807) is 0 Å². The minimum absolute atomic E-state index is 0.0344. The predicted octanol–water partition coefficient (Wildman–Crippen LogP) is 6.98. The van der Waals surface area contributed by atoms with Crippen LogP contribution in [0.15, 0.2) is 78.9 Å². The highest BCUT2D eigenvalue weighted by Crippen LogP contribution is 2.38. The second-order valence-corrected chi connectivity index (χ2v) is 11.9. The normalized spacial score (nSPS) is 20.0. The highest BCUT2D eigenvalue weighted by atomic mass is 35.5. The number of fused-ring (bicyclic) bond motifs is 2. The fourth-order valence-electron chi connectivity index (χ4n) is 5.87. The van der Waals surface area contributed by atoms with E-state index in [9.17, 15) is 41.4 Å². The van der Waals surface area contributed by atoms with Crippen LogP contribution in [0, 0.1) is 0 Å². The van der Waals surface area contributed by atoms with Gasteiger partial charge in [-0.1, -0.05) is 48.0 Å². The lowest BCUT2D eigenvalue weighted by molar-refractivity contribution is -0.138. The summed E-state index contributed by atoms with van der Waals surface area (Å²) < 4.78 is 88.5. The summed E-state index contributed by atoms with van der Waals surface area (Å²) in [6.07, 6.45) is -12.2. The van der Waals surface area contributed by atoms with E-state index in [4.69, 9.17) is 16.3 Å². The highest BCUT2D eigenvalue weighted by molar-refractivity contribution is 6.31. The van der Waals surface area contributed by atoms with Crippen molar-refractivity contribution in [2.75, 3.05) is 23.8 Å². The van der Waals surface area contributed by atoms with Gasteiger partial charge in [-0.15, -0.1) is 0 Å². The molecule has 5 aromatic rings. The Balaban J connectivity index is 1.32. The van der Waals surface area contributed by atoms with Gasteiger partial charge in [0, 0.05) is 12.2 Å². The molecule has 0 bridgehead atoms. The van der Waals surface area contributed by atoms with Crippen molar-refractivity contribution in [2.45, 2.75) is 43.2 Å². The van der Waals surface area contributed by atoms with Crippen molar-refractivity contribution in [3.05, 3.63) is 101 Å². The quantitative estimate of drug-likeness (QED) is 0.117. The first-order chi connectivity index (χ1) is 23.2. The number of rotatable bonds is 7. The third-order valence-corrected chi connectivity index (χ3v) is 8.57. The van der Waals surface area contributed by atoms with Gasteiger partial charge in [-0.3, -0.25) is 0 Å². The topological polar surface area (TPSA) is 121 Å². The van der Waals surface area contributed by atoms with E-state index in [2.05, 4.69) is 20.9 Å². The minimum atomic E-state index is -4.79. The molecule has 6 rings (SSSR count). The number of aliphatic hydroxyl groups excluding tert-OH is 2. The van der Waals surface area contributed by atoms with Gasteiger partial charge in [-0.2, -0.15) is 26.3 Å². The lowest BCUT2D eigenvalue weighted by atomic mass is 9.95. The number of ether oxygens (including phenoxy) is 1. The maximum atomic E-state index is 13.8. The van der Waals surface area contributed by atoms with E-state index < -0.39 is 65.4 Å². The van der Waals surface area contributed by atoms with Crippen molar-refractivity contribution in [3.8, 4) is 0 Å². The molecule has 258 valence electrons. The number of benzene rings is 4. The molecule has 1 fully saturated rings. The van der Waals surface area contributed by atoms with E-state index in [-0.39, 0.29) is 35.8 Å².